The Morgan fingerprint density at radius 3 is 2.05 bits per heavy atom. The Morgan fingerprint density at radius 1 is 0.895 bits per heavy atom. The quantitative estimate of drug-likeness (QED) is 0.654. The minimum atomic E-state index is -0.965. The van der Waals surface area contributed by atoms with Crippen molar-refractivity contribution in [3.8, 4) is 0 Å². The van der Waals surface area contributed by atoms with E-state index in [-0.39, 0.29) is 0 Å². The molecule has 4 heteroatoms. The van der Waals surface area contributed by atoms with Gasteiger partial charge >= 0.3 is 5.97 Å². The standard InChI is InChI=1S/C15H12N2O2/c18-15(19)11-8-12-6-9-14(10-7-12)17-16-13-4-2-1-3-5-13/h1-11H,(H,18,19). The molecule has 0 aromatic heterocycles. The van der Waals surface area contributed by atoms with Crippen LogP contribution in [0.3, 0.4) is 0 Å². The molecule has 0 aliphatic heterocycles. The van der Waals surface area contributed by atoms with Gasteiger partial charge in [0, 0.05) is 6.08 Å². The maximum absolute atomic E-state index is 10.4. The van der Waals surface area contributed by atoms with Gasteiger partial charge in [-0.15, -0.1) is 0 Å². The van der Waals surface area contributed by atoms with Gasteiger partial charge in [0.05, 0.1) is 11.4 Å². The Morgan fingerprint density at radius 2 is 1.47 bits per heavy atom. The van der Waals surface area contributed by atoms with E-state index in [2.05, 4.69) is 10.2 Å². The van der Waals surface area contributed by atoms with Crippen LogP contribution < -0.4 is 0 Å². The molecular formula is C15H12N2O2. The van der Waals surface area contributed by atoms with Crippen molar-refractivity contribution in [2.24, 2.45) is 10.2 Å². The van der Waals surface area contributed by atoms with E-state index < -0.39 is 5.97 Å². The van der Waals surface area contributed by atoms with E-state index >= 15 is 0 Å². The second-order valence-electron chi connectivity index (χ2n) is 3.80. The van der Waals surface area contributed by atoms with Crippen LogP contribution in [0, 0.1) is 0 Å². The minimum Gasteiger partial charge on any atom is -0.478 e. The zero-order valence-corrected chi connectivity index (χ0v) is 10.1. The van der Waals surface area contributed by atoms with Crippen LogP contribution in [0.25, 0.3) is 6.08 Å². The molecule has 0 radical (unpaired) electrons. The van der Waals surface area contributed by atoms with E-state index in [0.717, 1.165) is 23.0 Å². The Kier molecular flexibility index (Phi) is 4.18. The highest BCUT2D eigenvalue weighted by Crippen LogP contribution is 2.18. The first kappa shape index (κ1) is 12.7. The molecule has 1 N–H and O–H groups in total. The molecule has 0 fully saturated rings. The predicted octanol–water partition coefficient (Wildman–Crippen LogP) is 4.20. The van der Waals surface area contributed by atoms with Gasteiger partial charge in [-0.2, -0.15) is 10.2 Å². The second-order valence-corrected chi connectivity index (χ2v) is 3.80. The topological polar surface area (TPSA) is 62.0 Å². The molecule has 0 aliphatic rings. The highest BCUT2D eigenvalue weighted by Gasteiger charge is 1.92. The molecule has 0 saturated heterocycles. The van der Waals surface area contributed by atoms with Crippen molar-refractivity contribution >= 4 is 23.4 Å². The molecule has 0 aliphatic carbocycles. The van der Waals surface area contributed by atoms with Crippen molar-refractivity contribution in [3.05, 3.63) is 66.2 Å². The van der Waals surface area contributed by atoms with Gasteiger partial charge in [-0.3, -0.25) is 0 Å². The van der Waals surface area contributed by atoms with Gasteiger partial charge in [0.1, 0.15) is 0 Å². The average molecular weight is 252 g/mol. The summed E-state index contributed by atoms with van der Waals surface area (Å²) in [6.07, 6.45) is 2.63. The number of carbonyl (C=O) groups is 1. The van der Waals surface area contributed by atoms with Gasteiger partial charge < -0.3 is 5.11 Å². The highest BCUT2D eigenvalue weighted by molar-refractivity contribution is 5.85. The zero-order chi connectivity index (χ0) is 13.5. The van der Waals surface area contributed by atoms with E-state index in [1.54, 1.807) is 24.3 Å². The van der Waals surface area contributed by atoms with Crippen molar-refractivity contribution in [1.29, 1.82) is 0 Å². The van der Waals surface area contributed by atoms with E-state index in [1.165, 1.54) is 6.08 Å². The fraction of sp³-hybridized carbons (Fsp3) is 0. The summed E-state index contributed by atoms with van der Waals surface area (Å²) < 4.78 is 0. The summed E-state index contributed by atoms with van der Waals surface area (Å²) in [5.74, 6) is -0.965. The third-order valence-corrected chi connectivity index (χ3v) is 2.35. The molecule has 94 valence electrons. The largest absolute Gasteiger partial charge is 0.478 e. The van der Waals surface area contributed by atoms with Crippen molar-refractivity contribution in [2.45, 2.75) is 0 Å². The van der Waals surface area contributed by atoms with E-state index in [4.69, 9.17) is 5.11 Å². The van der Waals surface area contributed by atoms with Gasteiger partial charge in [0.25, 0.3) is 0 Å². The first-order valence-corrected chi connectivity index (χ1v) is 5.72. The normalized spacial score (nSPS) is 11.2. The number of hydrogen-bond acceptors (Lipinski definition) is 3. The fourth-order valence-electron chi connectivity index (χ4n) is 1.43. The van der Waals surface area contributed by atoms with Crippen LogP contribution >= 0.6 is 0 Å². The van der Waals surface area contributed by atoms with Gasteiger partial charge in [0.2, 0.25) is 0 Å². The highest BCUT2D eigenvalue weighted by atomic mass is 16.4. The van der Waals surface area contributed by atoms with Crippen molar-refractivity contribution in [1.82, 2.24) is 0 Å². The van der Waals surface area contributed by atoms with E-state index in [1.807, 2.05) is 30.3 Å². The number of aliphatic carboxylic acids is 1. The molecule has 0 atom stereocenters. The Hall–Kier alpha value is -2.75. The molecular weight excluding hydrogens is 240 g/mol. The summed E-state index contributed by atoms with van der Waals surface area (Å²) in [6, 6.07) is 16.6. The van der Waals surface area contributed by atoms with Crippen LogP contribution in [-0.2, 0) is 4.79 Å². The SMILES string of the molecule is O=C(O)C=Cc1ccc(N=Nc2ccccc2)cc1. The first-order valence-electron chi connectivity index (χ1n) is 5.72. The van der Waals surface area contributed by atoms with Crippen LogP contribution in [0.15, 0.2) is 70.9 Å². The molecule has 2 rings (SSSR count). The Bertz CT molecular complexity index is 602. The lowest BCUT2D eigenvalue weighted by molar-refractivity contribution is -0.131. The molecule has 4 nitrogen and oxygen atoms in total. The smallest absolute Gasteiger partial charge is 0.328 e. The molecule has 19 heavy (non-hydrogen) atoms. The Balaban J connectivity index is 2.07. The van der Waals surface area contributed by atoms with Crippen LogP contribution in [0.4, 0.5) is 11.4 Å². The van der Waals surface area contributed by atoms with Gasteiger partial charge in [-0.1, -0.05) is 30.3 Å². The fourth-order valence-corrected chi connectivity index (χ4v) is 1.43. The average Bonchev–Trinajstić information content (AvgIpc) is 2.45. The van der Waals surface area contributed by atoms with Crippen LogP contribution in [0.5, 0.6) is 0 Å². The van der Waals surface area contributed by atoms with Crippen molar-refractivity contribution in [2.75, 3.05) is 0 Å². The van der Waals surface area contributed by atoms with E-state index in [9.17, 15) is 4.79 Å². The van der Waals surface area contributed by atoms with Gasteiger partial charge in [0.15, 0.2) is 0 Å². The summed E-state index contributed by atoms with van der Waals surface area (Å²) in [7, 11) is 0. The van der Waals surface area contributed by atoms with Gasteiger partial charge in [-0.25, -0.2) is 4.79 Å². The van der Waals surface area contributed by atoms with Crippen molar-refractivity contribution in [3.63, 3.8) is 0 Å². The predicted molar refractivity (Wildman–Crippen MR) is 73.7 cm³/mol. The second kappa shape index (κ2) is 6.26. The number of benzene rings is 2. The van der Waals surface area contributed by atoms with Crippen LogP contribution in [0.1, 0.15) is 5.56 Å². The monoisotopic (exact) mass is 252 g/mol. The Labute approximate surface area is 110 Å². The maximum Gasteiger partial charge on any atom is 0.328 e. The first-order chi connectivity index (χ1) is 9.24. The van der Waals surface area contributed by atoms with E-state index in [0.29, 0.717) is 0 Å². The number of nitrogens with zero attached hydrogens (tertiary/aromatic N) is 2. The number of hydrogen-bond donors (Lipinski definition) is 1. The summed E-state index contributed by atoms with van der Waals surface area (Å²) in [4.78, 5) is 10.4. The third kappa shape index (κ3) is 4.20. The lowest BCUT2D eigenvalue weighted by Crippen LogP contribution is -1.85. The molecule has 0 saturated carbocycles. The number of azo groups is 1. The number of carboxylic acid groups (broad SMARTS) is 1. The molecule has 0 heterocycles. The number of carboxylic acids is 1. The van der Waals surface area contributed by atoms with Crippen molar-refractivity contribution < 1.29 is 9.90 Å². The summed E-state index contributed by atoms with van der Waals surface area (Å²) in [5, 5.41) is 16.7. The third-order valence-electron chi connectivity index (χ3n) is 2.35. The molecule has 2 aromatic carbocycles. The summed E-state index contributed by atoms with van der Waals surface area (Å²) >= 11 is 0. The van der Waals surface area contributed by atoms with Crippen LogP contribution in [0.2, 0.25) is 0 Å². The summed E-state index contributed by atoms with van der Waals surface area (Å²) in [6.45, 7) is 0. The molecule has 0 spiro atoms. The van der Waals surface area contributed by atoms with Crippen LogP contribution in [-0.4, -0.2) is 11.1 Å². The zero-order valence-electron chi connectivity index (χ0n) is 10.1. The molecule has 0 unspecified atom stereocenters. The lowest BCUT2D eigenvalue weighted by Gasteiger charge is -1.95. The molecule has 0 bridgehead atoms. The molecule has 0 amide bonds. The minimum absolute atomic E-state index is 0.719. The van der Waals surface area contributed by atoms with Gasteiger partial charge in [-0.05, 0) is 35.9 Å². The molecule has 2 aromatic rings. The number of rotatable bonds is 4. The maximum atomic E-state index is 10.4. The lowest BCUT2D eigenvalue weighted by atomic mass is 10.2. The summed E-state index contributed by atoms with van der Waals surface area (Å²) in [5.41, 5.74) is 2.31.